The first-order chi connectivity index (χ1) is 12.8. The van der Waals surface area contributed by atoms with Crippen LogP contribution in [0.4, 0.5) is 4.79 Å². The van der Waals surface area contributed by atoms with Gasteiger partial charge in [0.1, 0.15) is 0 Å². The molecular weight excluding hydrogens is 376 g/mol. The van der Waals surface area contributed by atoms with Gasteiger partial charge in [-0.05, 0) is 31.9 Å². The first kappa shape index (κ1) is 20.8. The molecule has 0 heterocycles. The highest BCUT2D eigenvalue weighted by Gasteiger charge is 2.24. The van der Waals surface area contributed by atoms with Crippen molar-refractivity contribution in [3.63, 3.8) is 0 Å². The fourth-order valence-electron chi connectivity index (χ4n) is 2.82. The van der Waals surface area contributed by atoms with Gasteiger partial charge in [0.2, 0.25) is 0 Å². The van der Waals surface area contributed by atoms with E-state index in [0.29, 0.717) is 0 Å². The highest BCUT2D eigenvalue weighted by molar-refractivity contribution is 6.32. The lowest BCUT2D eigenvalue weighted by Crippen LogP contribution is -2.47. The molecule has 0 unspecified atom stereocenters. The van der Waals surface area contributed by atoms with Gasteiger partial charge in [-0.1, -0.05) is 24.4 Å². The summed E-state index contributed by atoms with van der Waals surface area (Å²) in [5, 5.41) is 5.07. The number of halogens is 1. The SMILES string of the molecule is COc1cc(C(=O)O[C@H](C)C(=O)NC(=O)NC2CCCC2)cc(Cl)c1OC. The third kappa shape index (κ3) is 5.50. The van der Waals surface area contributed by atoms with Crippen molar-refractivity contribution >= 4 is 29.5 Å². The number of amides is 3. The minimum Gasteiger partial charge on any atom is -0.493 e. The minimum atomic E-state index is -1.17. The second-order valence-electron chi connectivity index (χ2n) is 6.19. The molecule has 0 bridgehead atoms. The molecule has 0 aromatic heterocycles. The normalized spacial score (nSPS) is 15.0. The lowest BCUT2D eigenvalue weighted by Gasteiger charge is -2.16. The van der Waals surface area contributed by atoms with Crippen LogP contribution in [0.3, 0.4) is 0 Å². The van der Waals surface area contributed by atoms with Crippen LogP contribution in [0.5, 0.6) is 11.5 Å². The summed E-state index contributed by atoms with van der Waals surface area (Å²) in [5.41, 5.74) is 0.0905. The Kier molecular flexibility index (Phi) is 7.29. The molecule has 8 nitrogen and oxygen atoms in total. The summed E-state index contributed by atoms with van der Waals surface area (Å²) in [5.74, 6) is -0.961. The number of urea groups is 1. The summed E-state index contributed by atoms with van der Waals surface area (Å²) < 4.78 is 15.3. The van der Waals surface area contributed by atoms with Crippen molar-refractivity contribution in [3.05, 3.63) is 22.7 Å². The molecule has 1 saturated carbocycles. The topological polar surface area (TPSA) is 103 Å². The van der Waals surface area contributed by atoms with Crippen molar-refractivity contribution < 1.29 is 28.6 Å². The van der Waals surface area contributed by atoms with Crippen LogP contribution in [0.2, 0.25) is 5.02 Å². The first-order valence-corrected chi connectivity index (χ1v) is 8.97. The standard InChI is InChI=1S/C18H23ClN2O6/c1-10(16(22)21-18(24)20-12-6-4-5-7-12)27-17(23)11-8-13(19)15(26-3)14(9-11)25-2/h8-10,12H,4-7H2,1-3H3,(H2,20,21,22,24)/t10-/m1/s1. The van der Waals surface area contributed by atoms with E-state index in [0.717, 1.165) is 25.7 Å². The van der Waals surface area contributed by atoms with Crippen LogP contribution in [0.15, 0.2) is 12.1 Å². The molecule has 0 saturated heterocycles. The molecule has 0 radical (unpaired) electrons. The van der Waals surface area contributed by atoms with Crippen LogP contribution in [-0.4, -0.2) is 44.3 Å². The highest BCUT2D eigenvalue weighted by atomic mass is 35.5. The second-order valence-corrected chi connectivity index (χ2v) is 6.59. The maximum absolute atomic E-state index is 12.3. The predicted molar refractivity (Wildman–Crippen MR) is 98.4 cm³/mol. The quantitative estimate of drug-likeness (QED) is 0.714. The molecular formula is C18H23ClN2O6. The molecule has 3 amide bonds. The average Bonchev–Trinajstić information content (AvgIpc) is 3.13. The van der Waals surface area contributed by atoms with E-state index < -0.39 is 24.0 Å². The van der Waals surface area contributed by atoms with E-state index in [1.165, 1.54) is 33.3 Å². The Morgan fingerprint density at radius 3 is 2.41 bits per heavy atom. The number of hydrogen-bond acceptors (Lipinski definition) is 6. The predicted octanol–water partition coefficient (Wildman–Crippen LogP) is 2.67. The second kappa shape index (κ2) is 9.45. The summed E-state index contributed by atoms with van der Waals surface area (Å²) >= 11 is 6.06. The van der Waals surface area contributed by atoms with Gasteiger partial charge in [-0.3, -0.25) is 10.1 Å². The van der Waals surface area contributed by atoms with E-state index in [4.69, 9.17) is 25.8 Å². The Bertz CT molecular complexity index is 718. The van der Waals surface area contributed by atoms with Crippen molar-refractivity contribution in [3.8, 4) is 11.5 Å². The van der Waals surface area contributed by atoms with Crippen LogP contribution < -0.4 is 20.1 Å². The van der Waals surface area contributed by atoms with Gasteiger partial charge in [0.15, 0.2) is 17.6 Å². The van der Waals surface area contributed by atoms with Crippen molar-refractivity contribution in [2.24, 2.45) is 0 Å². The minimum absolute atomic E-state index is 0.0737. The Morgan fingerprint density at radius 2 is 1.81 bits per heavy atom. The van der Waals surface area contributed by atoms with Crippen LogP contribution in [-0.2, 0) is 9.53 Å². The fourth-order valence-corrected chi connectivity index (χ4v) is 3.11. The summed E-state index contributed by atoms with van der Waals surface area (Å²) in [6.45, 7) is 1.37. The molecule has 1 aromatic rings. The van der Waals surface area contributed by atoms with E-state index >= 15 is 0 Å². The molecule has 9 heteroatoms. The zero-order chi connectivity index (χ0) is 20.0. The summed E-state index contributed by atoms with van der Waals surface area (Å²) in [7, 11) is 2.83. The summed E-state index contributed by atoms with van der Waals surface area (Å²) in [4.78, 5) is 36.2. The van der Waals surface area contributed by atoms with E-state index in [1.807, 2.05) is 0 Å². The van der Waals surface area contributed by atoms with E-state index in [2.05, 4.69) is 10.6 Å². The largest absolute Gasteiger partial charge is 0.493 e. The molecule has 1 fully saturated rings. The number of nitrogens with one attached hydrogen (secondary N) is 2. The monoisotopic (exact) mass is 398 g/mol. The van der Waals surface area contributed by atoms with Gasteiger partial charge in [0, 0.05) is 6.04 Å². The van der Waals surface area contributed by atoms with Crippen molar-refractivity contribution in [2.45, 2.75) is 44.8 Å². The molecule has 0 spiro atoms. The van der Waals surface area contributed by atoms with Crippen LogP contribution in [0.25, 0.3) is 0 Å². The maximum Gasteiger partial charge on any atom is 0.339 e. The molecule has 148 valence electrons. The van der Waals surface area contributed by atoms with Gasteiger partial charge in [-0.2, -0.15) is 0 Å². The van der Waals surface area contributed by atoms with Gasteiger partial charge >= 0.3 is 12.0 Å². The highest BCUT2D eigenvalue weighted by Crippen LogP contribution is 2.36. The summed E-state index contributed by atoms with van der Waals surface area (Å²) in [6, 6.07) is 2.22. The number of esters is 1. The maximum atomic E-state index is 12.3. The van der Waals surface area contributed by atoms with Gasteiger partial charge in [0.05, 0.1) is 24.8 Å². The number of carbonyl (C=O) groups excluding carboxylic acids is 3. The average molecular weight is 399 g/mol. The van der Waals surface area contributed by atoms with Crippen LogP contribution >= 0.6 is 11.6 Å². The number of imide groups is 1. The molecule has 2 N–H and O–H groups in total. The Morgan fingerprint density at radius 1 is 1.15 bits per heavy atom. The van der Waals surface area contributed by atoms with Gasteiger partial charge in [-0.15, -0.1) is 0 Å². The third-order valence-corrected chi connectivity index (χ3v) is 4.53. The molecule has 1 aliphatic rings. The Labute approximate surface area is 162 Å². The zero-order valence-electron chi connectivity index (χ0n) is 15.5. The number of carbonyl (C=O) groups is 3. The van der Waals surface area contributed by atoms with E-state index in [9.17, 15) is 14.4 Å². The first-order valence-electron chi connectivity index (χ1n) is 8.59. The smallest absolute Gasteiger partial charge is 0.339 e. The van der Waals surface area contributed by atoms with Gasteiger partial charge in [0.25, 0.3) is 5.91 Å². The van der Waals surface area contributed by atoms with E-state index in [1.54, 1.807) is 0 Å². The lowest BCUT2D eigenvalue weighted by atomic mass is 10.2. The number of hydrogen-bond donors (Lipinski definition) is 2. The van der Waals surface area contributed by atoms with Crippen molar-refractivity contribution in [1.82, 2.24) is 10.6 Å². The number of benzene rings is 1. The number of methoxy groups -OCH3 is 2. The Balaban J connectivity index is 1.95. The Hall–Kier alpha value is -2.48. The van der Waals surface area contributed by atoms with E-state index in [-0.39, 0.29) is 28.1 Å². The molecule has 1 atom stereocenters. The van der Waals surface area contributed by atoms with Gasteiger partial charge < -0.3 is 19.5 Å². The molecule has 2 rings (SSSR count). The van der Waals surface area contributed by atoms with Crippen LogP contribution in [0, 0.1) is 0 Å². The van der Waals surface area contributed by atoms with Crippen LogP contribution in [0.1, 0.15) is 43.0 Å². The number of rotatable bonds is 6. The van der Waals surface area contributed by atoms with Crippen molar-refractivity contribution in [1.29, 1.82) is 0 Å². The zero-order valence-corrected chi connectivity index (χ0v) is 16.2. The van der Waals surface area contributed by atoms with Gasteiger partial charge in [-0.25, -0.2) is 9.59 Å². The summed E-state index contributed by atoms with van der Waals surface area (Å²) in [6.07, 6.45) is 2.73. The third-order valence-electron chi connectivity index (χ3n) is 4.25. The molecule has 1 aliphatic carbocycles. The lowest BCUT2D eigenvalue weighted by molar-refractivity contribution is -0.127. The molecule has 1 aromatic carbocycles. The molecule has 0 aliphatic heterocycles. The fraction of sp³-hybridized carbons (Fsp3) is 0.500. The van der Waals surface area contributed by atoms with Crippen molar-refractivity contribution in [2.75, 3.05) is 14.2 Å². The number of ether oxygens (including phenoxy) is 3. The molecule has 27 heavy (non-hydrogen) atoms.